The minimum absolute atomic E-state index is 0.00980. The van der Waals surface area contributed by atoms with Crippen LogP contribution in [-0.4, -0.2) is 17.7 Å². The Morgan fingerprint density at radius 3 is 3.07 bits per heavy atom. The molecular weight excluding hydrogens is 184 g/mol. The molecule has 1 amide bonds. The molecule has 72 valence electrons. The number of benzene rings is 1. The van der Waals surface area contributed by atoms with E-state index in [1.54, 1.807) is 12.1 Å². The van der Waals surface area contributed by atoms with Gasteiger partial charge in [0.25, 0.3) is 0 Å². The van der Waals surface area contributed by atoms with E-state index in [2.05, 4.69) is 5.32 Å². The number of carbonyl (C=O) groups excluding carboxylic acids is 1. The highest BCUT2D eigenvalue weighted by molar-refractivity contribution is 5.70. The van der Waals surface area contributed by atoms with Gasteiger partial charge in [0, 0.05) is 6.07 Å². The minimum Gasteiger partial charge on any atom is -0.508 e. The van der Waals surface area contributed by atoms with Crippen molar-refractivity contribution in [3.8, 4) is 17.6 Å². The van der Waals surface area contributed by atoms with Crippen LogP contribution in [0, 0.1) is 11.3 Å². The standard InChI is InChI=1S/C9H8N2O3/c10-4-5-11-9(13)14-8-3-1-2-7(12)6-8/h1-3,6,12H,5H2,(H,11,13). The van der Waals surface area contributed by atoms with Crippen LogP contribution in [0.2, 0.25) is 0 Å². The van der Waals surface area contributed by atoms with E-state index in [0.717, 1.165) is 0 Å². The molecule has 0 saturated carbocycles. The van der Waals surface area contributed by atoms with E-state index in [0.29, 0.717) is 0 Å². The summed E-state index contributed by atoms with van der Waals surface area (Å²) in [5.41, 5.74) is 0. The lowest BCUT2D eigenvalue weighted by Gasteiger charge is -2.03. The highest BCUT2D eigenvalue weighted by Gasteiger charge is 2.02. The third kappa shape index (κ3) is 3.03. The molecular formula is C9H8N2O3. The summed E-state index contributed by atoms with van der Waals surface area (Å²) in [5.74, 6) is 0.232. The van der Waals surface area contributed by atoms with Crippen molar-refractivity contribution in [1.82, 2.24) is 5.32 Å². The highest BCUT2D eigenvalue weighted by Crippen LogP contribution is 2.17. The molecule has 0 radical (unpaired) electrons. The van der Waals surface area contributed by atoms with Crippen molar-refractivity contribution >= 4 is 6.09 Å². The molecule has 0 saturated heterocycles. The maximum Gasteiger partial charge on any atom is 0.413 e. The van der Waals surface area contributed by atoms with E-state index in [9.17, 15) is 4.79 Å². The molecule has 0 bridgehead atoms. The van der Waals surface area contributed by atoms with Gasteiger partial charge in [-0.15, -0.1) is 0 Å². The fourth-order valence-electron chi connectivity index (χ4n) is 0.802. The predicted octanol–water partition coefficient (Wildman–Crippen LogP) is 1.00. The summed E-state index contributed by atoms with van der Waals surface area (Å²) in [6, 6.07) is 7.55. The van der Waals surface area contributed by atoms with Gasteiger partial charge in [-0.25, -0.2) is 4.79 Å². The van der Waals surface area contributed by atoms with Crippen LogP contribution in [0.15, 0.2) is 24.3 Å². The normalized spacial score (nSPS) is 8.79. The topological polar surface area (TPSA) is 82.4 Å². The third-order valence-electron chi connectivity index (χ3n) is 1.34. The quantitative estimate of drug-likeness (QED) is 0.685. The van der Waals surface area contributed by atoms with Crippen molar-refractivity contribution in [1.29, 1.82) is 5.26 Å². The second-order valence-corrected chi connectivity index (χ2v) is 2.40. The molecule has 1 aromatic carbocycles. The second-order valence-electron chi connectivity index (χ2n) is 2.40. The molecule has 5 nitrogen and oxygen atoms in total. The molecule has 1 aromatic rings. The molecule has 0 aromatic heterocycles. The summed E-state index contributed by atoms with van der Waals surface area (Å²) in [5, 5.41) is 19.4. The van der Waals surface area contributed by atoms with Gasteiger partial charge in [-0.1, -0.05) is 6.07 Å². The molecule has 14 heavy (non-hydrogen) atoms. The number of hydrogen-bond acceptors (Lipinski definition) is 4. The first-order chi connectivity index (χ1) is 6.72. The SMILES string of the molecule is N#CCNC(=O)Oc1cccc(O)c1. The molecule has 0 heterocycles. The smallest absolute Gasteiger partial charge is 0.413 e. The van der Waals surface area contributed by atoms with E-state index >= 15 is 0 Å². The number of amides is 1. The number of nitrogens with zero attached hydrogens (tertiary/aromatic N) is 1. The van der Waals surface area contributed by atoms with E-state index in [4.69, 9.17) is 15.1 Å². The lowest BCUT2D eigenvalue weighted by atomic mass is 10.3. The molecule has 1 rings (SSSR count). The van der Waals surface area contributed by atoms with Crippen LogP contribution in [-0.2, 0) is 0 Å². The molecule has 0 fully saturated rings. The molecule has 0 aliphatic rings. The number of rotatable bonds is 2. The van der Waals surface area contributed by atoms with E-state index in [1.165, 1.54) is 18.2 Å². The summed E-state index contributed by atoms with van der Waals surface area (Å²) in [4.78, 5) is 10.9. The number of nitriles is 1. The number of aromatic hydroxyl groups is 1. The Morgan fingerprint density at radius 1 is 1.64 bits per heavy atom. The second kappa shape index (κ2) is 4.72. The monoisotopic (exact) mass is 192 g/mol. The van der Waals surface area contributed by atoms with Crippen molar-refractivity contribution < 1.29 is 14.6 Å². The van der Waals surface area contributed by atoms with Gasteiger partial charge >= 0.3 is 6.09 Å². The third-order valence-corrected chi connectivity index (χ3v) is 1.34. The largest absolute Gasteiger partial charge is 0.508 e. The first-order valence-corrected chi connectivity index (χ1v) is 3.84. The van der Waals surface area contributed by atoms with E-state index < -0.39 is 6.09 Å². The van der Waals surface area contributed by atoms with E-state index in [-0.39, 0.29) is 18.0 Å². The summed E-state index contributed by atoms with van der Waals surface area (Å²) in [6.45, 7) is -0.113. The van der Waals surface area contributed by atoms with Gasteiger partial charge in [0.1, 0.15) is 18.0 Å². The van der Waals surface area contributed by atoms with Crippen LogP contribution < -0.4 is 10.1 Å². The van der Waals surface area contributed by atoms with Crippen molar-refractivity contribution in [2.45, 2.75) is 0 Å². The molecule has 0 spiro atoms. The molecule has 0 aliphatic carbocycles. The van der Waals surface area contributed by atoms with Gasteiger partial charge < -0.3 is 15.2 Å². The molecule has 0 aliphatic heterocycles. The zero-order valence-corrected chi connectivity index (χ0v) is 7.23. The van der Waals surface area contributed by atoms with Crippen LogP contribution in [0.4, 0.5) is 4.79 Å². The predicted molar refractivity (Wildman–Crippen MR) is 47.7 cm³/mol. The van der Waals surface area contributed by atoms with Gasteiger partial charge in [-0.3, -0.25) is 0 Å². The van der Waals surface area contributed by atoms with Crippen molar-refractivity contribution in [3.05, 3.63) is 24.3 Å². The summed E-state index contributed by atoms with van der Waals surface area (Å²) >= 11 is 0. The van der Waals surface area contributed by atoms with Gasteiger partial charge in [0.15, 0.2) is 0 Å². The fourth-order valence-corrected chi connectivity index (χ4v) is 0.802. The maximum absolute atomic E-state index is 10.9. The zero-order valence-electron chi connectivity index (χ0n) is 7.23. The van der Waals surface area contributed by atoms with Gasteiger partial charge in [-0.05, 0) is 12.1 Å². The van der Waals surface area contributed by atoms with Crippen LogP contribution >= 0.6 is 0 Å². The van der Waals surface area contributed by atoms with Crippen LogP contribution in [0.3, 0.4) is 0 Å². The van der Waals surface area contributed by atoms with Gasteiger partial charge in [0.05, 0.1) is 6.07 Å². The van der Waals surface area contributed by atoms with Crippen molar-refractivity contribution in [2.24, 2.45) is 0 Å². The zero-order chi connectivity index (χ0) is 10.4. The average Bonchev–Trinajstić information content (AvgIpc) is 2.15. The number of carbonyl (C=O) groups is 1. The van der Waals surface area contributed by atoms with Crippen LogP contribution in [0.1, 0.15) is 0 Å². The summed E-state index contributed by atoms with van der Waals surface area (Å²) in [6.07, 6.45) is -0.725. The number of ether oxygens (including phenoxy) is 1. The molecule has 2 N–H and O–H groups in total. The van der Waals surface area contributed by atoms with Crippen molar-refractivity contribution in [3.63, 3.8) is 0 Å². The summed E-state index contributed by atoms with van der Waals surface area (Å²) < 4.78 is 4.74. The molecule has 0 atom stereocenters. The Labute approximate surface area is 80.5 Å². The first kappa shape index (κ1) is 9.86. The Kier molecular flexibility index (Phi) is 3.33. The van der Waals surface area contributed by atoms with Crippen molar-refractivity contribution in [2.75, 3.05) is 6.54 Å². The Hall–Kier alpha value is -2.22. The Morgan fingerprint density at radius 2 is 2.43 bits per heavy atom. The van der Waals surface area contributed by atoms with Gasteiger partial charge in [-0.2, -0.15) is 5.26 Å². The average molecular weight is 192 g/mol. The number of phenolic OH excluding ortho intramolecular Hbond substituents is 1. The number of phenols is 1. The highest BCUT2D eigenvalue weighted by atomic mass is 16.6. The maximum atomic E-state index is 10.9. The number of nitrogens with one attached hydrogen (secondary N) is 1. The van der Waals surface area contributed by atoms with Crippen LogP contribution in [0.5, 0.6) is 11.5 Å². The lowest BCUT2D eigenvalue weighted by Crippen LogP contribution is -2.26. The summed E-state index contributed by atoms with van der Waals surface area (Å²) in [7, 11) is 0. The minimum atomic E-state index is -0.725. The first-order valence-electron chi connectivity index (χ1n) is 3.84. The molecule has 0 unspecified atom stereocenters. The number of hydrogen-bond donors (Lipinski definition) is 2. The Bertz CT molecular complexity index is 371. The van der Waals surface area contributed by atoms with Crippen LogP contribution in [0.25, 0.3) is 0 Å². The fraction of sp³-hybridized carbons (Fsp3) is 0.111. The Balaban J connectivity index is 2.53. The lowest BCUT2D eigenvalue weighted by molar-refractivity contribution is 0.201. The van der Waals surface area contributed by atoms with E-state index in [1.807, 2.05) is 0 Å². The van der Waals surface area contributed by atoms with Gasteiger partial charge in [0.2, 0.25) is 0 Å². The molecule has 5 heteroatoms.